The Morgan fingerprint density at radius 3 is 2.31 bits per heavy atom. The highest BCUT2D eigenvalue weighted by Crippen LogP contribution is 2.31. The quantitative estimate of drug-likeness (QED) is 0.357. The van der Waals surface area contributed by atoms with Gasteiger partial charge in [-0.05, 0) is 49.4 Å². The highest BCUT2D eigenvalue weighted by molar-refractivity contribution is 6.34. The van der Waals surface area contributed by atoms with Gasteiger partial charge >= 0.3 is 5.69 Å². The number of nitrogens with one attached hydrogen (secondary N) is 1. The highest BCUT2D eigenvalue weighted by Gasteiger charge is 2.36. The van der Waals surface area contributed by atoms with Gasteiger partial charge in [-0.2, -0.15) is 0 Å². The molecule has 3 amide bonds. The summed E-state index contributed by atoms with van der Waals surface area (Å²) >= 11 is 0. The highest BCUT2D eigenvalue weighted by atomic mass is 16.6. The first kappa shape index (κ1) is 20.7. The molecule has 1 N–H and O–H groups in total. The number of ether oxygens (including phenoxy) is 1. The van der Waals surface area contributed by atoms with E-state index in [0.717, 1.165) is 11.0 Å². The maximum Gasteiger partial charge on any atom is 0.311 e. The first-order valence-electron chi connectivity index (χ1n) is 9.71. The predicted octanol–water partition coefficient (Wildman–Crippen LogP) is 4.05. The lowest BCUT2D eigenvalue weighted by atomic mass is 10.1. The Kier molecular flexibility index (Phi) is 5.38. The molecule has 32 heavy (non-hydrogen) atoms. The van der Waals surface area contributed by atoms with Crippen molar-refractivity contribution >= 4 is 34.8 Å². The summed E-state index contributed by atoms with van der Waals surface area (Å²) in [5, 5.41) is 13.9. The minimum Gasteiger partial charge on any atom is -0.487 e. The zero-order valence-corrected chi connectivity index (χ0v) is 16.9. The van der Waals surface area contributed by atoms with Gasteiger partial charge in [0.1, 0.15) is 0 Å². The number of benzene rings is 3. The zero-order valence-electron chi connectivity index (χ0n) is 16.9. The molecule has 0 unspecified atom stereocenters. The van der Waals surface area contributed by atoms with Crippen molar-refractivity contribution in [1.82, 2.24) is 0 Å². The summed E-state index contributed by atoms with van der Waals surface area (Å²) in [6.07, 6.45) is 0. The average molecular weight is 431 g/mol. The molecule has 0 saturated carbocycles. The molecule has 0 atom stereocenters. The monoisotopic (exact) mass is 431 g/mol. The van der Waals surface area contributed by atoms with Crippen molar-refractivity contribution in [3.8, 4) is 5.75 Å². The van der Waals surface area contributed by atoms with Gasteiger partial charge in [-0.15, -0.1) is 0 Å². The third-order valence-electron chi connectivity index (χ3n) is 4.87. The molecule has 1 heterocycles. The van der Waals surface area contributed by atoms with Gasteiger partial charge in [-0.1, -0.05) is 18.2 Å². The van der Waals surface area contributed by atoms with E-state index in [-0.39, 0.29) is 23.6 Å². The Bertz CT molecular complexity index is 1240. The van der Waals surface area contributed by atoms with Crippen LogP contribution in [0.3, 0.4) is 0 Å². The Morgan fingerprint density at radius 1 is 1.00 bits per heavy atom. The number of nitrogens with zero attached hydrogens (tertiary/aromatic N) is 2. The minimum absolute atomic E-state index is 0.0614. The van der Waals surface area contributed by atoms with E-state index in [0.29, 0.717) is 22.5 Å². The number of carbonyl (C=O) groups is 3. The number of imide groups is 1. The average Bonchev–Trinajstić information content (AvgIpc) is 3.04. The van der Waals surface area contributed by atoms with Gasteiger partial charge in [0.05, 0.1) is 28.3 Å². The van der Waals surface area contributed by atoms with Crippen molar-refractivity contribution in [2.75, 3.05) is 16.8 Å². The fourth-order valence-electron chi connectivity index (χ4n) is 3.43. The van der Waals surface area contributed by atoms with Gasteiger partial charge in [0.25, 0.3) is 17.7 Å². The summed E-state index contributed by atoms with van der Waals surface area (Å²) < 4.78 is 5.23. The van der Waals surface area contributed by atoms with Crippen molar-refractivity contribution in [3.63, 3.8) is 0 Å². The number of rotatable bonds is 6. The number of amides is 3. The van der Waals surface area contributed by atoms with Gasteiger partial charge in [0.2, 0.25) is 0 Å². The molecule has 1 aliphatic rings. The molecule has 0 spiro atoms. The van der Waals surface area contributed by atoms with Gasteiger partial charge in [-0.25, -0.2) is 4.90 Å². The number of hydrogen-bond donors (Lipinski definition) is 1. The molecule has 0 radical (unpaired) electrons. The molecule has 1 aliphatic heterocycles. The van der Waals surface area contributed by atoms with Crippen molar-refractivity contribution < 1.29 is 24.0 Å². The van der Waals surface area contributed by atoms with Gasteiger partial charge < -0.3 is 10.1 Å². The maximum absolute atomic E-state index is 12.7. The SMILES string of the molecule is CCOc1ccc(C(=O)Nc2cccc(N3C(=O)c4ccccc4C3=O)c2)cc1[N+](=O)[O-]. The van der Waals surface area contributed by atoms with E-state index < -0.39 is 22.6 Å². The standard InChI is InChI=1S/C23H17N3O6/c1-2-32-20-11-10-14(12-19(20)26(30)31)21(27)24-15-6-5-7-16(13-15)25-22(28)17-8-3-4-9-18(17)23(25)29/h3-13H,2H2,1H3,(H,24,27). The summed E-state index contributed by atoms with van der Waals surface area (Å²) in [4.78, 5) is 49.8. The van der Waals surface area contributed by atoms with Crippen LogP contribution in [-0.4, -0.2) is 29.3 Å². The minimum atomic E-state index is -0.620. The number of hydrogen-bond acceptors (Lipinski definition) is 6. The molecule has 0 bridgehead atoms. The van der Waals surface area contributed by atoms with E-state index >= 15 is 0 Å². The lowest BCUT2D eigenvalue weighted by Crippen LogP contribution is -2.29. The topological polar surface area (TPSA) is 119 Å². The first-order chi connectivity index (χ1) is 15.4. The summed E-state index contributed by atoms with van der Waals surface area (Å²) in [6.45, 7) is 1.95. The van der Waals surface area contributed by atoms with Crippen molar-refractivity contribution in [1.29, 1.82) is 0 Å². The molecule has 3 aromatic carbocycles. The van der Waals surface area contributed by atoms with Crippen LogP contribution < -0.4 is 15.0 Å². The van der Waals surface area contributed by atoms with Crippen molar-refractivity contribution in [2.24, 2.45) is 0 Å². The van der Waals surface area contributed by atoms with Gasteiger partial charge in [0.15, 0.2) is 5.75 Å². The molecule has 9 nitrogen and oxygen atoms in total. The van der Waals surface area contributed by atoms with E-state index in [9.17, 15) is 24.5 Å². The van der Waals surface area contributed by atoms with E-state index in [4.69, 9.17) is 4.74 Å². The number of carbonyl (C=O) groups excluding carboxylic acids is 3. The fraction of sp³-hybridized carbons (Fsp3) is 0.0870. The van der Waals surface area contributed by atoms with E-state index in [1.165, 1.54) is 18.2 Å². The first-order valence-corrected chi connectivity index (χ1v) is 9.71. The number of anilines is 2. The van der Waals surface area contributed by atoms with Crippen LogP contribution in [0.4, 0.5) is 17.1 Å². The van der Waals surface area contributed by atoms with Crippen molar-refractivity contribution in [2.45, 2.75) is 6.92 Å². The van der Waals surface area contributed by atoms with E-state index in [1.807, 2.05) is 0 Å². The second kappa shape index (κ2) is 8.31. The van der Waals surface area contributed by atoms with Crippen LogP contribution in [0.5, 0.6) is 5.75 Å². The normalized spacial score (nSPS) is 12.5. The van der Waals surface area contributed by atoms with Crippen LogP contribution in [0, 0.1) is 10.1 Å². The summed E-state index contributed by atoms with van der Waals surface area (Å²) in [5.74, 6) is -1.41. The summed E-state index contributed by atoms with van der Waals surface area (Å²) in [5.41, 5.74) is 0.986. The zero-order chi connectivity index (χ0) is 22.8. The maximum atomic E-state index is 12.7. The fourth-order valence-corrected chi connectivity index (χ4v) is 3.43. The lowest BCUT2D eigenvalue weighted by molar-refractivity contribution is -0.385. The Balaban J connectivity index is 1.58. The molecular formula is C23H17N3O6. The lowest BCUT2D eigenvalue weighted by Gasteiger charge is -2.15. The molecule has 0 aliphatic carbocycles. The summed E-state index contributed by atoms with van der Waals surface area (Å²) in [7, 11) is 0. The molecular weight excluding hydrogens is 414 g/mol. The van der Waals surface area contributed by atoms with E-state index in [2.05, 4.69) is 5.32 Å². The van der Waals surface area contributed by atoms with E-state index in [1.54, 1.807) is 49.4 Å². The van der Waals surface area contributed by atoms with Crippen LogP contribution in [0.15, 0.2) is 66.7 Å². The Hall–Kier alpha value is -4.53. The Morgan fingerprint density at radius 2 is 1.69 bits per heavy atom. The molecule has 160 valence electrons. The molecule has 0 fully saturated rings. The third kappa shape index (κ3) is 3.67. The molecule has 4 rings (SSSR count). The van der Waals surface area contributed by atoms with Crippen LogP contribution in [0.25, 0.3) is 0 Å². The van der Waals surface area contributed by atoms with Crippen LogP contribution in [0.2, 0.25) is 0 Å². The van der Waals surface area contributed by atoms with Crippen LogP contribution in [0.1, 0.15) is 38.0 Å². The van der Waals surface area contributed by atoms with Crippen LogP contribution in [-0.2, 0) is 0 Å². The largest absolute Gasteiger partial charge is 0.487 e. The number of nitro benzene ring substituents is 1. The number of nitro groups is 1. The number of fused-ring (bicyclic) bond motifs is 1. The van der Waals surface area contributed by atoms with Crippen molar-refractivity contribution in [3.05, 3.63) is 93.5 Å². The molecule has 3 aromatic rings. The smallest absolute Gasteiger partial charge is 0.311 e. The molecule has 0 saturated heterocycles. The molecule has 9 heteroatoms. The van der Waals surface area contributed by atoms with Crippen LogP contribution >= 0.6 is 0 Å². The summed E-state index contributed by atoms with van der Waals surface area (Å²) in [6, 6.07) is 16.7. The molecule has 0 aromatic heterocycles. The van der Waals surface area contributed by atoms with Gasteiger partial charge in [-0.3, -0.25) is 24.5 Å². The predicted molar refractivity (Wildman–Crippen MR) is 116 cm³/mol. The van der Waals surface area contributed by atoms with Gasteiger partial charge in [0, 0.05) is 17.3 Å². The third-order valence-corrected chi connectivity index (χ3v) is 4.87. The second-order valence-corrected chi connectivity index (χ2v) is 6.87. The Labute approximate surface area is 182 Å². The second-order valence-electron chi connectivity index (χ2n) is 6.87.